The van der Waals surface area contributed by atoms with Crippen molar-refractivity contribution < 1.29 is 9.84 Å². The zero-order valence-corrected chi connectivity index (χ0v) is 14.1. The van der Waals surface area contributed by atoms with Gasteiger partial charge in [-0.05, 0) is 51.1 Å². The van der Waals surface area contributed by atoms with Crippen LogP contribution in [0, 0.1) is 11.3 Å². The molecule has 5 heteroatoms. The van der Waals surface area contributed by atoms with E-state index in [1.54, 1.807) is 31.5 Å². The largest absolute Gasteiger partial charge is 0.484 e. The average molecular weight is 326 g/mol. The van der Waals surface area contributed by atoms with Crippen LogP contribution in [0.25, 0.3) is 0 Å². The molecule has 1 aliphatic heterocycles. The van der Waals surface area contributed by atoms with Gasteiger partial charge in [-0.25, -0.2) is 0 Å². The van der Waals surface area contributed by atoms with E-state index >= 15 is 0 Å². The predicted octanol–water partition coefficient (Wildman–Crippen LogP) is 3.71. The summed E-state index contributed by atoms with van der Waals surface area (Å²) in [5, 5.41) is 20.1. The maximum atomic E-state index is 11.2. The minimum Gasteiger partial charge on any atom is -0.484 e. The zero-order chi connectivity index (χ0) is 16.7. The van der Waals surface area contributed by atoms with Gasteiger partial charge in [0, 0.05) is 22.9 Å². The number of benzene rings is 1. The highest BCUT2D eigenvalue weighted by molar-refractivity contribution is 7.99. The summed E-state index contributed by atoms with van der Waals surface area (Å²) in [7, 11) is 0. The van der Waals surface area contributed by atoms with Crippen LogP contribution in [-0.2, 0) is 0 Å². The monoisotopic (exact) mass is 326 g/mol. The van der Waals surface area contributed by atoms with Crippen LogP contribution in [-0.4, -0.2) is 21.3 Å². The van der Waals surface area contributed by atoms with Gasteiger partial charge in [-0.1, -0.05) is 0 Å². The molecule has 0 saturated carbocycles. The molecule has 0 saturated heterocycles. The number of hydrogen-bond acceptors (Lipinski definition) is 5. The summed E-state index contributed by atoms with van der Waals surface area (Å²) in [6.07, 6.45) is 3.49. The molecule has 2 heterocycles. The third-order valence-corrected chi connectivity index (χ3v) is 5.87. The number of fused-ring (bicyclic) bond motifs is 1. The van der Waals surface area contributed by atoms with E-state index in [0.29, 0.717) is 11.3 Å². The number of aliphatic hydroxyl groups is 1. The summed E-state index contributed by atoms with van der Waals surface area (Å²) in [6.45, 7) is 5.54. The molecule has 1 aromatic carbocycles. The Balaban J connectivity index is 2.12. The molecular formula is C18H18N2O2S. The Morgan fingerprint density at radius 2 is 2.09 bits per heavy atom. The second-order valence-electron chi connectivity index (χ2n) is 6.31. The van der Waals surface area contributed by atoms with E-state index in [-0.39, 0.29) is 5.25 Å². The van der Waals surface area contributed by atoms with Crippen molar-refractivity contribution in [2.24, 2.45) is 0 Å². The van der Waals surface area contributed by atoms with Crippen LogP contribution < -0.4 is 4.74 Å². The average Bonchev–Trinajstić information content (AvgIpc) is 2.52. The third kappa shape index (κ3) is 2.69. The molecule has 1 aliphatic rings. The first kappa shape index (κ1) is 15.9. The zero-order valence-electron chi connectivity index (χ0n) is 13.3. The highest BCUT2D eigenvalue weighted by atomic mass is 32.2. The second-order valence-corrected chi connectivity index (χ2v) is 7.49. The third-order valence-electron chi connectivity index (χ3n) is 4.40. The molecule has 0 aliphatic carbocycles. The molecule has 2 atom stereocenters. The van der Waals surface area contributed by atoms with Crippen LogP contribution in [0.4, 0.5) is 0 Å². The van der Waals surface area contributed by atoms with E-state index in [1.807, 2.05) is 32.0 Å². The van der Waals surface area contributed by atoms with Crippen molar-refractivity contribution in [1.82, 2.24) is 4.98 Å². The number of nitriles is 1. The van der Waals surface area contributed by atoms with E-state index in [2.05, 4.69) is 11.1 Å². The van der Waals surface area contributed by atoms with Crippen LogP contribution in [0.15, 0.2) is 47.6 Å². The van der Waals surface area contributed by atoms with Crippen LogP contribution in [0.5, 0.6) is 5.75 Å². The molecule has 0 fully saturated rings. The Kier molecular flexibility index (Phi) is 3.83. The quantitative estimate of drug-likeness (QED) is 0.911. The number of aromatic nitrogens is 1. The van der Waals surface area contributed by atoms with E-state index < -0.39 is 11.2 Å². The van der Waals surface area contributed by atoms with Gasteiger partial charge in [0.2, 0.25) is 0 Å². The first-order chi connectivity index (χ1) is 10.8. The van der Waals surface area contributed by atoms with Gasteiger partial charge >= 0.3 is 0 Å². The topological polar surface area (TPSA) is 66.1 Å². The molecule has 118 valence electrons. The smallest absolute Gasteiger partial charge is 0.133 e. The molecular weight excluding hydrogens is 308 g/mol. The highest BCUT2D eigenvalue weighted by Gasteiger charge is 2.53. The maximum absolute atomic E-state index is 11.2. The van der Waals surface area contributed by atoms with Gasteiger partial charge in [0.1, 0.15) is 17.0 Å². The number of ether oxygens (including phenoxy) is 1. The van der Waals surface area contributed by atoms with Gasteiger partial charge in [-0.15, -0.1) is 11.8 Å². The molecule has 0 spiro atoms. The Morgan fingerprint density at radius 1 is 1.30 bits per heavy atom. The van der Waals surface area contributed by atoms with Gasteiger partial charge in [0.15, 0.2) is 0 Å². The van der Waals surface area contributed by atoms with Crippen LogP contribution >= 0.6 is 11.8 Å². The number of hydrogen-bond donors (Lipinski definition) is 1. The fourth-order valence-electron chi connectivity index (χ4n) is 2.64. The Hall–Kier alpha value is -2.03. The molecule has 0 radical (unpaired) electrons. The van der Waals surface area contributed by atoms with Crippen molar-refractivity contribution >= 4 is 11.8 Å². The molecule has 2 unspecified atom stereocenters. The normalized spacial score (nSPS) is 25.1. The molecule has 4 nitrogen and oxygen atoms in total. The summed E-state index contributed by atoms with van der Waals surface area (Å²) in [5.41, 5.74) is -0.482. The Labute approximate surface area is 140 Å². The van der Waals surface area contributed by atoms with Crippen LogP contribution in [0.2, 0.25) is 0 Å². The summed E-state index contributed by atoms with van der Waals surface area (Å²) in [5.74, 6) is 0.710. The highest BCUT2D eigenvalue weighted by Crippen LogP contribution is 2.54. The number of thioether (sulfide) groups is 1. The lowest BCUT2D eigenvalue weighted by Gasteiger charge is -2.49. The molecule has 3 rings (SSSR count). The standard InChI is InChI=1S/C18H18N2O2S/c1-17(2)18(3,21)16(23-13-5-4-8-20-11-13)14-9-12(10-19)6-7-15(14)22-17/h4-9,11,16,21H,1-3H3. The molecule has 0 amide bonds. The fourth-order valence-corrected chi connectivity index (χ4v) is 4.02. The number of nitrogens with zero attached hydrogens (tertiary/aromatic N) is 2. The van der Waals surface area contributed by atoms with E-state index in [0.717, 1.165) is 10.5 Å². The Bertz CT molecular complexity index is 766. The van der Waals surface area contributed by atoms with Crippen LogP contribution in [0.3, 0.4) is 0 Å². The van der Waals surface area contributed by atoms with Gasteiger partial charge in [-0.2, -0.15) is 5.26 Å². The minimum absolute atomic E-state index is 0.265. The van der Waals surface area contributed by atoms with E-state index in [9.17, 15) is 10.4 Å². The summed E-state index contributed by atoms with van der Waals surface area (Å²) < 4.78 is 6.01. The van der Waals surface area contributed by atoms with E-state index in [4.69, 9.17) is 4.74 Å². The molecule has 23 heavy (non-hydrogen) atoms. The van der Waals surface area contributed by atoms with Crippen molar-refractivity contribution in [2.45, 2.75) is 42.1 Å². The summed E-state index contributed by atoms with van der Waals surface area (Å²) in [6, 6.07) is 11.3. The van der Waals surface area contributed by atoms with Crippen molar-refractivity contribution in [3.05, 3.63) is 53.9 Å². The lowest BCUT2D eigenvalue weighted by atomic mass is 9.79. The lowest BCUT2D eigenvalue weighted by molar-refractivity contribution is -0.117. The van der Waals surface area contributed by atoms with Crippen molar-refractivity contribution in [3.63, 3.8) is 0 Å². The Morgan fingerprint density at radius 3 is 2.74 bits per heavy atom. The fraction of sp³-hybridized carbons (Fsp3) is 0.333. The summed E-state index contributed by atoms with van der Waals surface area (Å²) in [4.78, 5) is 5.10. The molecule has 1 aromatic heterocycles. The van der Waals surface area contributed by atoms with Crippen molar-refractivity contribution in [2.75, 3.05) is 0 Å². The molecule has 0 bridgehead atoms. The minimum atomic E-state index is -1.12. The van der Waals surface area contributed by atoms with Crippen LogP contribution in [0.1, 0.15) is 37.1 Å². The van der Waals surface area contributed by atoms with Gasteiger partial charge in [0.05, 0.1) is 16.9 Å². The number of rotatable bonds is 2. The predicted molar refractivity (Wildman–Crippen MR) is 89.3 cm³/mol. The second kappa shape index (κ2) is 5.55. The van der Waals surface area contributed by atoms with E-state index in [1.165, 1.54) is 11.8 Å². The molecule has 1 N–H and O–H groups in total. The number of pyridine rings is 1. The van der Waals surface area contributed by atoms with Gasteiger partial charge in [0.25, 0.3) is 0 Å². The van der Waals surface area contributed by atoms with Crippen molar-refractivity contribution in [1.29, 1.82) is 5.26 Å². The lowest BCUT2D eigenvalue weighted by Crippen LogP contribution is -2.57. The summed E-state index contributed by atoms with van der Waals surface area (Å²) >= 11 is 1.53. The van der Waals surface area contributed by atoms with Gasteiger partial charge in [-0.3, -0.25) is 4.98 Å². The maximum Gasteiger partial charge on any atom is 0.133 e. The first-order valence-corrected chi connectivity index (χ1v) is 8.25. The van der Waals surface area contributed by atoms with Gasteiger partial charge < -0.3 is 9.84 Å². The molecule has 2 aromatic rings. The first-order valence-electron chi connectivity index (χ1n) is 7.37. The van der Waals surface area contributed by atoms with Crippen molar-refractivity contribution in [3.8, 4) is 11.8 Å². The SMILES string of the molecule is CC1(C)Oc2ccc(C#N)cc2C(Sc2cccnc2)C1(C)O.